The number of nitrogens with zero attached hydrogens (tertiary/aromatic N) is 6. The molecule has 1 saturated heterocycles. The Morgan fingerprint density at radius 1 is 1.17 bits per heavy atom. The number of rotatable bonds is 4. The molecule has 0 radical (unpaired) electrons. The molecule has 0 saturated carbocycles. The van der Waals surface area contributed by atoms with Gasteiger partial charge >= 0.3 is 6.03 Å². The Labute approximate surface area is 176 Å². The SMILES string of the molecule is O=C(Nc1ccc2nonc2c1)N1CCC[C@@H]1c1ncnn1Cc1ccc(Cl)cc1. The highest BCUT2D eigenvalue weighted by Crippen LogP contribution is 2.31. The summed E-state index contributed by atoms with van der Waals surface area (Å²) in [6, 6.07) is 12.6. The van der Waals surface area contributed by atoms with E-state index in [9.17, 15) is 4.79 Å². The van der Waals surface area contributed by atoms with Crippen LogP contribution in [-0.4, -0.2) is 42.6 Å². The zero-order valence-electron chi connectivity index (χ0n) is 15.9. The van der Waals surface area contributed by atoms with E-state index >= 15 is 0 Å². The van der Waals surface area contributed by atoms with Crippen molar-refractivity contribution in [2.24, 2.45) is 0 Å². The van der Waals surface area contributed by atoms with Gasteiger partial charge in [0.25, 0.3) is 0 Å². The lowest BCUT2D eigenvalue weighted by Crippen LogP contribution is -2.35. The lowest BCUT2D eigenvalue weighted by atomic mass is 10.2. The van der Waals surface area contributed by atoms with Crippen molar-refractivity contribution in [2.45, 2.75) is 25.4 Å². The van der Waals surface area contributed by atoms with Crippen LogP contribution in [0.4, 0.5) is 10.5 Å². The van der Waals surface area contributed by atoms with Crippen molar-refractivity contribution in [1.29, 1.82) is 0 Å². The Kier molecular flexibility index (Phi) is 4.80. The fourth-order valence-electron chi connectivity index (χ4n) is 3.75. The quantitative estimate of drug-likeness (QED) is 0.534. The highest BCUT2D eigenvalue weighted by molar-refractivity contribution is 6.30. The normalized spacial score (nSPS) is 16.3. The number of amides is 2. The molecule has 9 nitrogen and oxygen atoms in total. The third-order valence-electron chi connectivity index (χ3n) is 5.21. The Hall–Kier alpha value is -3.46. The van der Waals surface area contributed by atoms with E-state index in [1.54, 1.807) is 23.1 Å². The minimum atomic E-state index is -0.186. The van der Waals surface area contributed by atoms with Crippen molar-refractivity contribution in [3.63, 3.8) is 0 Å². The second-order valence-electron chi connectivity index (χ2n) is 7.15. The maximum absolute atomic E-state index is 13.0. The molecule has 10 heteroatoms. The number of likely N-dealkylation sites (tertiary alicyclic amines) is 1. The van der Waals surface area contributed by atoms with E-state index < -0.39 is 0 Å². The predicted molar refractivity (Wildman–Crippen MR) is 110 cm³/mol. The number of hydrogen-bond acceptors (Lipinski definition) is 6. The minimum Gasteiger partial charge on any atom is -0.314 e. The van der Waals surface area contributed by atoms with E-state index in [0.717, 1.165) is 24.2 Å². The van der Waals surface area contributed by atoms with Gasteiger partial charge in [-0.3, -0.25) is 0 Å². The summed E-state index contributed by atoms with van der Waals surface area (Å²) in [6.45, 7) is 1.21. The average Bonchev–Trinajstić information content (AvgIpc) is 3.49. The van der Waals surface area contributed by atoms with E-state index in [1.165, 1.54) is 6.33 Å². The molecular formula is C20H18ClN7O2. The fraction of sp³-hybridized carbons (Fsp3) is 0.250. The van der Waals surface area contributed by atoms with Crippen molar-refractivity contribution >= 4 is 34.4 Å². The number of anilines is 1. The van der Waals surface area contributed by atoms with E-state index in [2.05, 4.69) is 25.7 Å². The van der Waals surface area contributed by atoms with Gasteiger partial charge in [-0.15, -0.1) is 0 Å². The maximum Gasteiger partial charge on any atom is 0.322 e. The average molecular weight is 424 g/mol. The zero-order chi connectivity index (χ0) is 20.5. The molecule has 1 N–H and O–H groups in total. The summed E-state index contributed by atoms with van der Waals surface area (Å²) in [5, 5.41) is 15.6. The second kappa shape index (κ2) is 7.75. The molecule has 30 heavy (non-hydrogen) atoms. The number of benzene rings is 2. The van der Waals surface area contributed by atoms with Gasteiger partial charge in [0, 0.05) is 17.3 Å². The number of urea groups is 1. The van der Waals surface area contributed by atoms with Crippen LogP contribution >= 0.6 is 11.6 Å². The summed E-state index contributed by atoms with van der Waals surface area (Å²) in [7, 11) is 0. The van der Waals surface area contributed by atoms with Gasteiger partial charge < -0.3 is 10.2 Å². The van der Waals surface area contributed by atoms with Crippen LogP contribution in [0.15, 0.2) is 53.4 Å². The topological polar surface area (TPSA) is 102 Å². The van der Waals surface area contributed by atoms with Gasteiger partial charge in [0.15, 0.2) is 0 Å². The lowest BCUT2D eigenvalue weighted by molar-refractivity contribution is 0.203. The smallest absolute Gasteiger partial charge is 0.314 e. The Morgan fingerprint density at radius 3 is 2.87 bits per heavy atom. The van der Waals surface area contributed by atoms with Crippen LogP contribution in [0.2, 0.25) is 5.02 Å². The van der Waals surface area contributed by atoms with Crippen LogP contribution in [-0.2, 0) is 6.54 Å². The maximum atomic E-state index is 13.0. The first-order valence-corrected chi connectivity index (χ1v) is 9.97. The van der Waals surface area contributed by atoms with Gasteiger partial charge in [0.05, 0.1) is 12.6 Å². The van der Waals surface area contributed by atoms with Gasteiger partial charge in [-0.1, -0.05) is 23.7 Å². The van der Waals surface area contributed by atoms with Gasteiger partial charge in [-0.25, -0.2) is 19.1 Å². The van der Waals surface area contributed by atoms with Crippen LogP contribution < -0.4 is 5.32 Å². The van der Waals surface area contributed by atoms with E-state index in [4.69, 9.17) is 16.2 Å². The van der Waals surface area contributed by atoms with Crippen LogP contribution in [0.3, 0.4) is 0 Å². The van der Waals surface area contributed by atoms with Crippen LogP contribution in [0.25, 0.3) is 11.0 Å². The molecular weight excluding hydrogens is 406 g/mol. The zero-order valence-corrected chi connectivity index (χ0v) is 16.7. The number of carbonyl (C=O) groups is 1. The van der Waals surface area contributed by atoms with Crippen molar-refractivity contribution in [2.75, 3.05) is 11.9 Å². The van der Waals surface area contributed by atoms with Crippen molar-refractivity contribution in [3.8, 4) is 0 Å². The van der Waals surface area contributed by atoms with Gasteiger partial charge in [-0.05, 0) is 59.1 Å². The fourth-order valence-corrected chi connectivity index (χ4v) is 3.88. The first kappa shape index (κ1) is 18.6. The van der Waals surface area contributed by atoms with Gasteiger partial charge in [-0.2, -0.15) is 5.10 Å². The van der Waals surface area contributed by atoms with E-state index in [0.29, 0.717) is 34.8 Å². The number of fused-ring (bicyclic) bond motifs is 1. The predicted octanol–water partition coefficient (Wildman–Crippen LogP) is 3.89. The Bertz CT molecular complexity index is 1190. The molecule has 1 atom stereocenters. The summed E-state index contributed by atoms with van der Waals surface area (Å²) in [5.74, 6) is 0.772. The number of halogens is 1. The molecule has 0 bridgehead atoms. The molecule has 1 fully saturated rings. The lowest BCUT2D eigenvalue weighted by Gasteiger charge is -2.24. The summed E-state index contributed by atoms with van der Waals surface area (Å²) in [4.78, 5) is 19.2. The van der Waals surface area contributed by atoms with Crippen molar-refractivity contribution < 1.29 is 9.42 Å². The monoisotopic (exact) mass is 423 g/mol. The molecule has 0 aliphatic carbocycles. The summed E-state index contributed by atoms with van der Waals surface area (Å²) in [5.41, 5.74) is 2.93. The van der Waals surface area contributed by atoms with Crippen LogP contribution in [0.1, 0.15) is 30.3 Å². The number of hydrogen-bond donors (Lipinski definition) is 1. The van der Waals surface area contributed by atoms with E-state index in [-0.39, 0.29) is 12.1 Å². The highest BCUT2D eigenvalue weighted by Gasteiger charge is 2.33. The third kappa shape index (κ3) is 3.59. The van der Waals surface area contributed by atoms with Crippen molar-refractivity contribution in [3.05, 3.63) is 65.2 Å². The Balaban J connectivity index is 1.34. The van der Waals surface area contributed by atoms with Crippen molar-refractivity contribution in [1.82, 2.24) is 30.0 Å². The summed E-state index contributed by atoms with van der Waals surface area (Å²) < 4.78 is 6.55. The first-order valence-electron chi connectivity index (χ1n) is 9.59. The number of nitrogens with one attached hydrogen (secondary N) is 1. The molecule has 1 aliphatic heterocycles. The molecule has 5 rings (SSSR count). The molecule has 2 amide bonds. The third-order valence-corrected chi connectivity index (χ3v) is 5.46. The summed E-state index contributed by atoms with van der Waals surface area (Å²) >= 11 is 5.98. The largest absolute Gasteiger partial charge is 0.322 e. The Morgan fingerprint density at radius 2 is 2.00 bits per heavy atom. The summed E-state index contributed by atoms with van der Waals surface area (Å²) in [6.07, 6.45) is 3.27. The molecule has 2 aromatic heterocycles. The first-order chi connectivity index (χ1) is 14.7. The molecule has 152 valence electrons. The second-order valence-corrected chi connectivity index (χ2v) is 7.59. The van der Waals surface area contributed by atoms with Gasteiger partial charge in [0.2, 0.25) is 0 Å². The molecule has 0 unspecified atom stereocenters. The molecule has 1 aliphatic rings. The molecule has 2 aromatic carbocycles. The molecule has 4 aromatic rings. The van der Waals surface area contributed by atoms with E-state index in [1.807, 2.05) is 28.9 Å². The van der Waals surface area contributed by atoms with Gasteiger partial charge in [0.1, 0.15) is 23.2 Å². The number of carbonyl (C=O) groups excluding carboxylic acids is 1. The molecule has 0 spiro atoms. The molecule has 3 heterocycles. The standard InChI is InChI=1S/C20H18ClN7O2/c21-14-5-3-13(4-6-14)11-28-19(22-12-23-28)18-2-1-9-27(18)20(29)24-15-7-8-16-17(10-15)26-30-25-16/h3-8,10,12,18H,1-2,9,11H2,(H,24,29)/t18-/m1/s1. The number of aromatic nitrogens is 5. The minimum absolute atomic E-state index is 0.141. The van der Waals surface area contributed by atoms with Crippen LogP contribution in [0.5, 0.6) is 0 Å². The highest BCUT2D eigenvalue weighted by atomic mass is 35.5. The van der Waals surface area contributed by atoms with Crippen LogP contribution in [0, 0.1) is 0 Å².